The summed E-state index contributed by atoms with van der Waals surface area (Å²) < 4.78 is 2.36. The van der Waals surface area contributed by atoms with E-state index in [0.717, 1.165) is 16.4 Å². The molecule has 1 aliphatic rings. The molecule has 0 bridgehead atoms. The molecule has 1 aliphatic carbocycles. The summed E-state index contributed by atoms with van der Waals surface area (Å²) in [5.41, 5.74) is 3.44. The van der Waals surface area contributed by atoms with Crippen LogP contribution in [0.2, 0.25) is 0 Å². The van der Waals surface area contributed by atoms with Crippen molar-refractivity contribution < 1.29 is 4.79 Å². The minimum Gasteiger partial charge on any atom is -0.351 e. The molecule has 128 valence electrons. The SMILES string of the molecule is Cc1nc(SCC(=O)NCc2ccccc2)n(C2CCCC2)c1C. The molecular weight excluding hydrogens is 318 g/mol. The Labute approximate surface area is 148 Å². The van der Waals surface area contributed by atoms with E-state index < -0.39 is 0 Å². The predicted octanol–water partition coefficient (Wildman–Crippen LogP) is 4.02. The zero-order chi connectivity index (χ0) is 16.9. The minimum absolute atomic E-state index is 0.0557. The second-order valence-corrected chi connectivity index (χ2v) is 7.37. The van der Waals surface area contributed by atoms with Gasteiger partial charge in [-0.25, -0.2) is 4.98 Å². The Balaban J connectivity index is 1.58. The smallest absolute Gasteiger partial charge is 0.230 e. The Kier molecular flexibility index (Phi) is 5.61. The molecule has 24 heavy (non-hydrogen) atoms. The van der Waals surface area contributed by atoms with Crippen molar-refractivity contribution in [2.24, 2.45) is 0 Å². The van der Waals surface area contributed by atoms with Gasteiger partial charge in [-0.15, -0.1) is 0 Å². The molecule has 1 fully saturated rings. The molecule has 0 saturated heterocycles. The first-order valence-electron chi connectivity index (χ1n) is 8.64. The molecule has 2 aromatic rings. The van der Waals surface area contributed by atoms with Gasteiger partial charge in [-0.3, -0.25) is 4.79 Å². The van der Waals surface area contributed by atoms with Crippen LogP contribution in [0, 0.1) is 13.8 Å². The number of imidazole rings is 1. The molecule has 1 N–H and O–H groups in total. The van der Waals surface area contributed by atoms with Gasteiger partial charge in [0.2, 0.25) is 5.91 Å². The highest BCUT2D eigenvalue weighted by Crippen LogP contribution is 2.35. The van der Waals surface area contributed by atoms with Crippen LogP contribution in [0.15, 0.2) is 35.5 Å². The number of amides is 1. The molecule has 0 atom stereocenters. The van der Waals surface area contributed by atoms with E-state index >= 15 is 0 Å². The number of benzene rings is 1. The van der Waals surface area contributed by atoms with Crippen molar-refractivity contribution in [2.45, 2.75) is 57.3 Å². The van der Waals surface area contributed by atoms with E-state index in [-0.39, 0.29) is 5.91 Å². The molecule has 5 heteroatoms. The van der Waals surface area contributed by atoms with Crippen LogP contribution < -0.4 is 5.32 Å². The Morgan fingerprint density at radius 3 is 2.67 bits per heavy atom. The highest BCUT2D eigenvalue weighted by Gasteiger charge is 2.23. The minimum atomic E-state index is 0.0557. The molecular formula is C19H25N3OS. The third-order valence-corrected chi connectivity index (χ3v) is 5.66. The summed E-state index contributed by atoms with van der Waals surface area (Å²) in [6, 6.07) is 10.6. The van der Waals surface area contributed by atoms with Crippen molar-refractivity contribution in [1.29, 1.82) is 0 Å². The summed E-state index contributed by atoms with van der Waals surface area (Å²) in [6.07, 6.45) is 5.04. The number of hydrogen-bond acceptors (Lipinski definition) is 3. The average molecular weight is 343 g/mol. The summed E-state index contributed by atoms with van der Waals surface area (Å²) in [6.45, 7) is 4.77. The maximum atomic E-state index is 12.1. The Morgan fingerprint density at radius 2 is 1.96 bits per heavy atom. The van der Waals surface area contributed by atoms with E-state index in [1.54, 1.807) is 11.8 Å². The summed E-state index contributed by atoms with van der Waals surface area (Å²) in [4.78, 5) is 16.8. The van der Waals surface area contributed by atoms with Gasteiger partial charge in [0.15, 0.2) is 5.16 Å². The quantitative estimate of drug-likeness (QED) is 0.806. The molecule has 0 unspecified atom stereocenters. The fraction of sp³-hybridized carbons (Fsp3) is 0.474. The van der Waals surface area contributed by atoms with Crippen molar-refractivity contribution in [3.8, 4) is 0 Å². The number of carbonyl (C=O) groups excluding carboxylic acids is 1. The van der Waals surface area contributed by atoms with Crippen molar-refractivity contribution in [1.82, 2.24) is 14.9 Å². The molecule has 4 nitrogen and oxygen atoms in total. The van der Waals surface area contributed by atoms with Gasteiger partial charge in [0, 0.05) is 18.3 Å². The van der Waals surface area contributed by atoms with Crippen LogP contribution in [-0.2, 0) is 11.3 Å². The Hall–Kier alpha value is -1.75. The normalized spacial score (nSPS) is 14.9. The lowest BCUT2D eigenvalue weighted by Crippen LogP contribution is -2.24. The first kappa shape index (κ1) is 17.1. The van der Waals surface area contributed by atoms with Crippen LogP contribution in [0.3, 0.4) is 0 Å². The molecule has 0 spiro atoms. The third kappa shape index (κ3) is 4.01. The lowest BCUT2D eigenvalue weighted by atomic mass is 10.2. The molecule has 1 saturated carbocycles. The number of rotatable bonds is 6. The summed E-state index contributed by atoms with van der Waals surface area (Å²) >= 11 is 1.55. The first-order valence-corrected chi connectivity index (χ1v) is 9.62. The van der Waals surface area contributed by atoms with Crippen LogP contribution in [0.5, 0.6) is 0 Å². The van der Waals surface area contributed by atoms with E-state index in [2.05, 4.69) is 23.7 Å². The predicted molar refractivity (Wildman–Crippen MR) is 98.2 cm³/mol. The van der Waals surface area contributed by atoms with Gasteiger partial charge in [0.1, 0.15) is 0 Å². The number of nitrogens with zero attached hydrogens (tertiary/aromatic N) is 2. The second-order valence-electron chi connectivity index (χ2n) is 6.42. The number of thioether (sulfide) groups is 1. The van der Waals surface area contributed by atoms with Gasteiger partial charge < -0.3 is 9.88 Å². The zero-order valence-electron chi connectivity index (χ0n) is 14.4. The van der Waals surface area contributed by atoms with Crippen LogP contribution in [-0.4, -0.2) is 21.2 Å². The Morgan fingerprint density at radius 1 is 1.25 bits per heavy atom. The van der Waals surface area contributed by atoms with E-state index in [1.807, 2.05) is 30.3 Å². The topological polar surface area (TPSA) is 46.9 Å². The molecule has 0 aliphatic heterocycles. The number of nitrogens with one attached hydrogen (secondary N) is 1. The highest BCUT2D eigenvalue weighted by atomic mass is 32.2. The van der Waals surface area contributed by atoms with E-state index in [4.69, 9.17) is 4.98 Å². The monoisotopic (exact) mass is 343 g/mol. The van der Waals surface area contributed by atoms with Gasteiger partial charge in [0.25, 0.3) is 0 Å². The van der Waals surface area contributed by atoms with Crippen LogP contribution in [0.4, 0.5) is 0 Å². The summed E-state index contributed by atoms with van der Waals surface area (Å²) in [5.74, 6) is 0.468. The first-order chi connectivity index (χ1) is 11.6. The molecule has 1 aromatic heterocycles. The number of carbonyl (C=O) groups is 1. The van der Waals surface area contributed by atoms with Gasteiger partial charge in [-0.1, -0.05) is 54.9 Å². The molecule has 1 aromatic carbocycles. The second kappa shape index (κ2) is 7.88. The number of aromatic nitrogens is 2. The van der Waals surface area contributed by atoms with Crippen molar-refractivity contribution in [3.05, 3.63) is 47.3 Å². The maximum Gasteiger partial charge on any atom is 0.230 e. The fourth-order valence-corrected chi connectivity index (χ4v) is 4.26. The molecule has 1 heterocycles. The fourth-order valence-electron chi connectivity index (χ4n) is 3.27. The molecule has 3 rings (SSSR count). The Bertz CT molecular complexity index is 690. The number of aryl methyl sites for hydroxylation is 1. The standard InChI is InChI=1S/C19H25N3OS/c1-14-15(2)22(17-10-6-7-11-17)19(21-14)24-13-18(23)20-12-16-8-4-3-5-9-16/h3-5,8-9,17H,6-7,10-13H2,1-2H3,(H,20,23). The van der Waals surface area contributed by atoms with Gasteiger partial charge in [-0.2, -0.15) is 0 Å². The van der Waals surface area contributed by atoms with Crippen molar-refractivity contribution in [3.63, 3.8) is 0 Å². The summed E-state index contributed by atoms with van der Waals surface area (Å²) in [5, 5.41) is 3.98. The zero-order valence-corrected chi connectivity index (χ0v) is 15.2. The van der Waals surface area contributed by atoms with Crippen LogP contribution in [0.25, 0.3) is 0 Å². The van der Waals surface area contributed by atoms with E-state index in [0.29, 0.717) is 18.3 Å². The van der Waals surface area contributed by atoms with Crippen molar-refractivity contribution in [2.75, 3.05) is 5.75 Å². The number of hydrogen-bond donors (Lipinski definition) is 1. The summed E-state index contributed by atoms with van der Waals surface area (Å²) in [7, 11) is 0. The lowest BCUT2D eigenvalue weighted by molar-refractivity contribution is -0.118. The van der Waals surface area contributed by atoms with Gasteiger partial charge in [-0.05, 0) is 32.3 Å². The largest absolute Gasteiger partial charge is 0.351 e. The molecule has 1 amide bonds. The highest BCUT2D eigenvalue weighted by molar-refractivity contribution is 7.99. The van der Waals surface area contributed by atoms with Crippen LogP contribution >= 0.6 is 11.8 Å². The maximum absolute atomic E-state index is 12.1. The lowest BCUT2D eigenvalue weighted by Gasteiger charge is -2.16. The van der Waals surface area contributed by atoms with Gasteiger partial charge in [0.05, 0.1) is 11.4 Å². The van der Waals surface area contributed by atoms with Gasteiger partial charge >= 0.3 is 0 Å². The van der Waals surface area contributed by atoms with Crippen molar-refractivity contribution >= 4 is 17.7 Å². The molecule has 0 radical (unpaired) electrons. The third-order valence-electron chi connectivity index (χ3n) is 4.71. The van der Waals surface area contributed by atoms with Crippen LogP contribution in [0.1, 0.15) is 48.7 Å². The average Bonchev–Trinajstić information content (AvgIpc) is 3.21. The van der Waals surface area contributed by atoms with E-state index in [9.17, 15) is 4.79 Å². The van der Waals surface area contributed by atoms with E-state index in [1.165, 1.54) is 31.4 Å².